The van der Waals surface area contributed by atoms with Gasteiger partial charge in [0, 0.05) is 22.5 Å². The van der Waals surface area contributed by atoms with E-state index in [-0.39, 0.29) is 16.9 Å². The van der Waals surface area contributed by atoms with E-state index in [1.165, 1.54) is 0 Å². The molecule has 6 heteroatoms. The standard InChI is InChI=1S/C23H21N3O2S/c1-15-6-3-8-17(12-15)22(28)26-23(29)25-20-11-5-9-18(14-20)21(27)24-19-10-4-7-16(2)13-19/h3-14H,1-2H3,(H,24,27)(H2,25,26,28,29). The van der Waals surface area contributed by atoms with Crippen molar-refractivity contribution in [3.63, 3.8) is 0 Å². The van der Waals surface area contributed by atoms with E-state index in [1.54, 1.807) is 36.4 Å². The average molecular weight is 404 g/mol. The van der Waals surface area contributed by atoms with Crippen molar-refractivity contribution < 1.29 is 9.59 Å². The van der Waals surface area contributed by atoms with Crippen molar-refractivity contribution in [2.75, 3.05) is 10.6 Å². The molecular weight excluding hydrogens is 382 g/mol. The van der Waals surface area contributed by atoms with Gasteiger partial charge in [-0.25, -0.2) is 0 Å². The quantitative estimate of drug-likeness (QED) is 0.553. The Hall–Kier alpha value is -3.51. The van der Waals surface area contributed by atoms with Crippen LogP contribution in [0, 0.1) is 13.8 Å². The second kappa shape index (κ2) is 9.12. The first-order chi connectivity index (χ1) is 13.9. The normalized spacial score (nSPS) is 10.1. The molecule has 0 aromatic heterocycles. The van der Waals surface area contributed by atoms with E-state index in [9.17, 15) is 9.59 Å². The number of thiocarbonyl (C=S) groups is 1. The van der Waals surface area contributed by atoms with Gasteiger partial charge in [0.15, 0.2) is 5.11 Å². The Morgan fingerprint density at radius 1 is 0.690 bits per heavy atom. The molecule has 0 fully saturated rings. The van der Waals surface area contributed by atoms with E-state index in [2.05, 4.69) is 16.0 Å². The number of benzene rings is 3. The predicted molar refractivity (Wildman–Crippen MR) is 120 cm³/mol. The number of carbonyl (C=O) groups excluding carboxylic acids is 2. The van der Waals surface area contributed by atoms with Crippen LogP contribution in [0.1, 0.15) is 31.8 Å². The molecule has 0 bridgehead atoms. The summed E-state index contributed by atoms with van der Waals surface area (Å²) < 4.78 is 0. The van der Waals surface area contributed by atoms with Gasteiger partial charge in [0.2, 0.25) is 0 Å². The van der Waals surface area contributed by atoms with E-state index < -0.39 is 0 Å². The van der Waals surface area contributed by atoms with Gasteiger partial charge in [0.05, 0.1) is 0 Å². The van der Waals surface area contributed by atoms with Gasteiger partial charge in [-0.05, 0) is 74.1 Å². The summed E-state index contributed by atoms with van der Waals surface area (Å²) >= 11 is 5.23. The van der Waals surface area contributed by atoms with Crippen LogP contribution in [0.2, 0.25) is 0 Å². The van der Waals surface area contributed by atoms with Crippen molar-refractivity contribution in [1.82, 2.24) is 5.32 Å². The Morgan fingerprint density at radius 3 is 1.90 bits per heavy atom. The van der Waals surface area contributed by atoms with Crippen LogP contribution in [-0.4, -0.2) is 16.9 Å². The van der Waals surface area contributed by atoms with Crippen LogP contribution in [0.3, 0.4) is 0 Å². The van der Waals surface area contributed by atoms with E-state index in [1.807, 2.05) is 50.2 Å². The minimum atomic E-state index is -0.292. The topological polar surface area (TPSA) is 70.2 Å². The fraction of sp³-hybridized carbons (Fsp3) is 0.0870. The van der Waals surface area contributed by atoms with Crippen LogP contribution in [0.15, 0.2) is 72.8 Å². The van der Waals surface area contributed by atoms with Crippen LogP contribution < -0.4 is 16.0 Å². The molecule has 3 rings (SSSR count). The smallest absolute Gasteiger partial charge is 0.257 e. The van der Waals surface area contributed by atoms with Crippen molar-refractivity contribution in [1.29, 1.82) is 0 Å². The first-order valence-corrected chi connectivity index (χ1v) is 9.48. The Morgan fingerprint density at radius 2 is 1.24 bits per heavy atom. The highest BCUT2D eigenvalue weighted by molar-refractivity contribution is 7.80. The predicted octanol–water partition coefficient (Wildman–Crippen LogP) is 4.68. The maximum Gasteiger partial charge on any atom is 0.257 e. The van der Waals surface area contributed by atoms with Crippen molar-refractivity contribution in [3.8, 4) is 0 Å². The molecule has 0 aliphatic heterocycles. The molecule has 3 aromatic carbocycles. The van der Waals surface area contributed by atoms with Crippen molar-refractivity contribution in [2.24, 2.45) is 0 Å². The number of amides is 2. The summed E-state index contributed by atoms with van der Waals surface area (Å²) in [5, 5.41) is 8.62. The molecule has 0 aliphatic carbocycles. The Kier molecular flexibility index (Phi) is 6.36. The lowest BCUT2D eigenvalue weighted by atomic mass is 10.1. The molecule has 3 N–H and O–H groups in total. The van der Waals surface area contributed by atoms with Gasteiger partial charge in [-0.1, -0.05) is 35.9 Å². The van der Waals surface area contributed by atoms with Gasteiger partial charge >= 0.3 is 0 Å². The molecule has 0 saturated heterocycles. The monoisotopic (exact) mass is 403 g/mol. The number of hydrogen-bond acceptors (Lipinski definition) is 3. The molecular formula is C23H21N3O2S. The molecule has 0 radical (unpaired) electrons. The fourth-order valence-electron chi connectivity index (χ4n) is 2.79. The molecule has 0 unspecified atom stereocenters. The Balaban J connectivity index is 1.63. The zero-order valence-electron chi connectivity index (χ0n) is 16.2. The van der Waals surface area contributed by atoms with Gasteiger partial charge < -0.3 is 10.6 Å². The maximum absolute atomic E-state index is 12.5. The van der Waals surface area contributed by atoms with Crippen molar-refractivity contribution in [3.05, 3.63) is 95.1 Å². The van der Waals surface area contributed by atoms with Crippen LogP contribution >= 0.6 is 12.2 Å². The summed E-state index contributed by atoms with van der Waals surface area (Å²) in [4.78, 5) is 24.8. The molecule has 0 saturated carbocycles. The summed E-state index contributed by atoms with van der Waals surface area (Å²) in [6, 6.07) is 21.7. The van der Waals surface area contributed by atoms with E-state index >= 15 is 0 Å². The van der Waals surface area contributed by atoms with Gasteiger partial charge in [0.1, 0.15) is 0 Å². The first-order valence-electron chi connectivity index (χ1n) is 9.08. The highest BCUT2D eigenvalue weighted by Gasteiger charge is 2.10. The summed E-state index contributed by atoms with van der Waals surface area (Å²) in [7, 11) is 0. The lowest BCUT2D eigenvalue weighted by Crippen LogP contribution is -2.34. The van der Waals surface area contributed by atoms with Gasteiger partial charge in [-0.3, -0.25) is 14.9 Å². The van der Waals surface area contributed by atoms with Crippen LogP contribution in [0.25, 0.3) is 0 Å². The van der Waals surface area contributed by atoms with Crippen molar-refractivity contribution >= 4 is 40.5 Å². The van der Waals surface area contributed by atoms with Gasteiger partial charge in [0.25, 0.3) is 11.8 Å². The minimum absolute atomic E-state index is 0.160. The Bertz CT molecular complexity index is 1080. The average Bonchev–Trinajstić information content (AvgIpc) is 2.68. The number of aryl methyl sites for hydroxylation is 2. The van der Waals surface area contributed by atoms with E-state index in [0.717, 1.165) is 16.8 Å². The third-order valence-corrected chi connectivity index (χ3v) is 4.37. The molecule has 3 aromatic rings. The summed E-state index contributed by atoms with van der Waals surface area (Å²) in [5.41, 5.74) is 4.40. The molecule has 2 amide bonds. The molecule has 146 valence electrons. The highest BCUT2D eigenvalue weighted by atomic mass is 32.1. The maximum atomic E-state index is 12.5. The summed E-state index contributed by atoms with van der Waals surface area (Å²) in [6.45, 7) is 3.88. The number of rotatable bonds is 4. The molecule has 0 heterocycles. The molecule has 29 heavy (non-hydrogen) atoms. The lowest BCUT2D eigenvalue weighted by molar-refractivity contribution is 0.0976. The third-order valence-electron chi connectivity index (χ3n) is 4.17. The molecule has 0 spiro atoms. The Labute approximate surface area is 175 Å². The summed E-state index contributed by atoms with van der Waals surface area (Å²) in [5.74, 6) is -0.520. The SMILES string of the molecule is Cc1cccc(NC(=O)c2cccc(NC(=S)NC(=O)c3cccc(C)c3)c2)c1. The minimum Gasteiger partial charge on any atom is -0.332 e. The fourth-order valence-corrected chi connectivity index (χ4v) is 3.00. The number of hydrogen-bond donors (Lipinski definition) is 3. The van der Waals surface area contributed by atoms with Gasteiger partial charge in [-0.2, -0.15) is 0 Å². The lowest BCUT2D eigenvalue weighted by Gasteiger charge is -2.11. The number of carbonyl (C=O) groups is 2. The zero-order valence-corrected chi connectivity index (χ0v) is 17.0. The molecule has 5 nitrogen and oxygen atoms in total. The largest absolute Gasteiger partial charge is 0.332 e. The van der Waals surface area contributed by atoms with Crippen LogP contribution in [-0.2, 0) is 0 Å². The highest BCUT2D eigenvalue weighted by Crippen LogP contribution is 2.15. The van der Waals surface area contributed by atoms with E-state index in [4.69, 9.17) is 12.2 Å². The molecule has 0 atom stereocenters. The van der Waals surface area contributed by atoms with Crippen molar-refractivity contribution in [2.45, 2.75) is 13.8 Å². The number of anilines is 2. The second-order valence-corrected chi connectivity index (χ2v) is 7.09. The van der Waals surface area contributed by atoms with E-state index in [0.29, 0.717) is 16.8 Å². The summed E-state index contributed by atoms with van der Waals surface area (Å²) in [6.07, 6.45) is 0. The van der Waals surface area contributed by atoms with Crippen LogP contribution in [0.5, 0.6) is 0 Å². The first kappa shape index (κ1) is 20.2. The van der Waals surface area contributed by atoms with Crippen LogP contribution in [0.4, 0.5) is 11.4 Å². The second-order valence-electron chi connectivity index (χ2n) is 6.68. The zero-order chi connectivity index (χ0) is 20.8. The van der Waals surface area contributed by atoms with Gasteiger partial charge in [-0.15, -0.1) is 0 Å². The third kappa shape index (κ3) is 5.73. The number of nitrogens with one attached hydrogen (secondary N) is 3. The molecule has 0 aliphatic rings.